The summed E-state index contributed by atoms with van der Waals surface area (Å²) in [7, 11) is 0. The summed E-state index contributed by atoms with van der Waals surface area (Å²) in [6.07, 6.45) is 2.42. The Morgan fingerprint density at radius 2 is 1.86 bits per heavy atom. The standard InChI is InChI=1S/C25H24N8O2S/c1-3-6-21-20(24-27-25(36-14-22(34)35)30-33(24)15(2)26-21)13-16-9-11-17(12-10-16)18-7-4-5-8-19(18)23-28-31-32-29-23/h4-5,7-12H,3,6,13-14H2,1-2H3,(H,34,35)(H,28,29,31,32). The number of aromatic nitrogens is 8. The van der Waals surface area contributed by atoms with Gasteiger partial charge in [0, 0.05) is 23.2 Å². The van der Waals surface area contributed by atoms with Gasteiger partial charge in [0.2, 0.25) is 5.16 Å². The maximum absolute atomic E-state index is 11.0. The molecule has 0 aliphatic carbocycles. The van der Waals surface area contributed by atoms with Gasteiger partial charge < -0.3 is 5.11 Å². The van der Waals surface area contributed by atoms with E-state index in [2.05, 4.69) is 61.9 Å². The average Bonchev–Trinajstić information content (AvgIpc) is 3.57. The van der Waals surface area contributed by atoms with Crippen LogP contribution in [0.3, 0.4) is 0 Å². The van der Waals surface area contributed by atoms with E-state index in [0.717, 1.165) is 69.6 Å². The fourth-order valence-corrected chi connectivity index (χ4v) is 4.73. The van der Waals surface area contributed by atoms with E-state index in [1.807, 2.05) is 31.2 Å². The highest BCUT2D eigenvalue weighted by Crippen LogP contribution is 2.30. The van der Waals surface area contributed by atoms with Crippen molar-refractivity contribution in [2.75, 3.05) is 5.75 Å². The minimum absolute atomic E-state index is 0.0897. The summed E-state index contributed by atoms with van der Waals surface area (Å²) in [6, 6.07) is 16.4. The number of carboxylic acid groups (broad SMARTS) is 1. The van der Waals surface area contributed by atoms with Crippen molar-refractivity contribution < 1.29 is 9.90 Å². The Bertz CT molecular complexity index is 1510. The highest BCUT2D eigenvalue weighted by Gasteiger charge is 2.18. The number of tetrazole rings is 1. The van der Waals surface area contributed by atoms with Gasteiger partial charge in [0.15, 0.2) is 11.5 Å². The minimum atomic E-state index is -0.901. The van der Waals surface area contributed by atoms with Gasteiger partial charge in [-0.3, -0.25) is 4.79 Å². The Labute approximate surface area is 211 Å². The van der Waals surface area contributed by atoms with Crippen LogP contribution in [0.4, 0.5) is 0 Å². The van der Waals surface area contributed by atoms with Gasteiger partial charge in [0.05, 0.1) is 5.75 Å². The van der Waals surface area contributed by atoms with Crippen molar-refractivity contribution >= 4 is 23.4 Å². The Balaban J connectivity index is 1.49. The van der Waals surface area contributed by atoms with Crippen LogP contribution in [0.15, 0.2) is 53.7 Å². The summed E-state index contributed by atoms with van der Waals surface area (Å²) in [4.78, 5) is 20.5. The number of aryl methyl sites for hydroxylation is 2. The number of hydrogen-bond donors (Lipinski definition) is 2. The summed E-state index contributed by atoms with van der Waals surface area (Å²) in [5.41, 5.74) is 6.87. The summed E-state index contributed by atoms with van der Waals surface area (Å²) in [5.74, 6) is 0.367. The van der Waals surface area contributed by atoms with Crippen LogP contribution < -0.4 is 0 Å². The molecule has 0 bridgehead atoms. The van der Waals surface area contributed by atoms with Gasteiger partial charge in [-0.05, 0) is 40.5 Å². The Hall–Kier alpha value is -4.12. The lowest BCUT2D eigenvalue weighted by atomic mass is 9.96. The summed E-state index contributed by atoms with van der Waals surface area (Å²) in [5, 5.41) is 28.3. The Kier molecular flexibility index (Phi) is 6.72. The number of aliphatic carboxylic acids is 1. The van der Waals surface area contributed by atoms with Crippen molar-refractivity contribution in [1.29, 1.82) is 0 Å². The van der Waals surface area contributed by atoms with Crippen molar-refractivity contribution in [2.24, 2.45) is 0 Å². The van der Waals surface area contributed by atoms with E-state index in [9.17, 15) is 4.79 Å². The van der Waals surface area contributed by atoms with E-state index in [4.69, 9.17) is 10.1 Å². The van der Waals surface area contributed by atoms with Crippen LogP contribution in [0.5, 0.6) is 0 Å². The molecule has 3 heterocycles. The van der Waals surface area contributed by atoms with Gasteiger partial charge >= 0.3 is 5.97 Å². The SMILES string of the molecule is CCCc1nc(C)n2nc(SCC(=O)O)nc2c1Cc1ccc(-c2ccccc2-c2nnn[nH]2)cc1. The zero-order valence-electron chi connectivity index (χ0n) is 19.8. The van der Waals surface area contributed by atoms with Crippen molar-refractivity contribution in [1.82, 2.24) is 40.2 Å². The van der Waals surface area contributed by atoms with Crippen LogP contribution >= 0.6 is 11.8 Å². The number of fused-ring (bicyclic) bond motifs is 1. The van der Waals surface area contributed by atoms with E-state index in [1.54, 1.807) is 4.52 Å². The monoisotopic (exact) mass is 500 g/mol. The number of nitrogens with one attached hydrogen (secondary N) is 1. The van der Waals surface area contributed by atoms with E-state index in [0.29, 0.717) is 17.4 Å². The molecule has 5 rings (SSSR count). The third-order valence-corrected chi connectivity index (χ3v) is 6.62. The lowest BCUT2D eigenvalue weighted by Crippen LogP contribution is -2.08. The molecule has 0 amide bonds. The molecule has 0 saturated carbocycles. The number of carboxylic acids is 1. The molecule has 0 aliphatic heterocycles. The first-order valence-corrected chi connectivity index (χ1v) is 12.5. The molecular weight excluding hydrogens is 476 g/mol. The van der Waals surface area contributed by atoms with Crippen LogP contribution in [0.2, 0.25) is 0 Å². The number of carbonyl (C=O) groups is 1. The quantitative estimate of drug-likeness (QED) is 0.288. The second kappa shape index (κ2) is 10.2. The summed E-state index contributed by atoms with van der Waals surface area (Å²) < 4.78 is 1.72. The first-order chi connectivity index (χ1) is 17.5. The molecule has 0 atom stereocenters. The Morgan fingerprint density at radius 1 is 1.08 bits per heavy atom. The predicted octanol–water partition coefficient (Wildman–Crippen LogP) is 4.00. The van der Waals surface area contributed by atoms with Crippen LogP contribution in [-0.4, -0.2) is 57.0 Å². The highest BCUT2D eigenvalue weighted by atomic mass is 32.2. The molecule has 5 aromatic rings. The molecule has 0 aliphatic rings. The second-order valence-electron chi connectivity index (χ2n) is 8.32. The fraction of sp³-hybridized carbons (Fsp3) is 0.240. The number of rotatable bonds is 9. The molecule has 10 nitrogen and oxygen atoms in total. The third-order valence-electron chi connectivity index (χ3n) is 5.79. The number of hydrogen-bond acceptors (Lipinski definition) is 8. The van der Waals surface area contributed by atoms with Gasteiger partial charge in [-0.1, -0.05) is 73.6 Å². The van der Waals surface area contributed by atoms with Crippen LogP contribution in [-0.2, 0) is 17.6 Å². The minimum Gasteiger partial charge on any atom is -0.481 e. The van der Waals surface area contributed by atoms with Gasteiger partial charge in [-0.25, -0.2) is 15.1 Å². The predicted molar refractivity (Wildman–Crippen MR) is 136 cm³/mol. The number of benzene rings is 2. The summed E-state index contributed by atoms with van der Waals surface area (Å²) >= 11 is 1.11. The first-order valence-electron chi connectivity index (χ1n) is 11.6. The highest BCUT2D eigenvalue weighted by molar-refractivity contribution is 7.99. The molecule has 0 saturated heterocycles. The van der Waals surface area contributed by atoms with Crippen molar-refractivity contribution in [3.8, 4) is 22.5 Å². The lowest BCUT2D eigenvalue weighted by Gasteiger charge is -2.12. The molecule has 11 heteroatoms. The lowest BCUT2D eigenvalue weighted by molar-refractivity contribution is -0.133. The third kappa shape index (κ3) is 4.82. The molecule has 3 aromatic heterocycles. The smallest absolute Gasteiger partial charge is 0.313 e. The van der Waals surface area contributed by atoms with Gasteiger partial charge in [-0.15, -0.1) is 10.2 Å². The molecule has 0 radical (unpaired) electrons. The van der Waals surface area contributed by atoms with Crippen molar-refractivity contribution in [3.63, 3.8) is 0 Å². The molecule has 0 unspecified atom stereocenters. The topological polar surface area (TPSA) is 135 Å². The van der Waals surface area contributed by atoms with E-state index >= 15 is 0 Å². The van der Waals surface area contributed by atoms with E-state index in [1.165, 1.54) is 0 Å². The van der Waals surface area contributed by atoms with Crippen molar-refractivity contribution in [3.05, 3.63) is 71.2 Å². The van der Waals surface area contributed by atoms with Crippen LogP contribution in [0.25, 0.3) is 28.2 Å². The average molecular weight is 501 g/mol. The molecule has 0 spiro atoms. The number of nitrogens with zero attached hydrogens (tertiary/aromatic N) is 7. The molecule has 36 heavy (non-hydrogen) atoms. The summed E-state index contributed by atoms with van der Waals surface area (Å²) in [6.45, 7) is 4.02. The molecule has 0 fully saturated rings. The second-order valence-corrected chi connectivity index (χ2v) is 9.26. The molecular formula is C25H24N8O2S. The zero-order chi connectivity index (χ0) is 25.1. The number of H-pyrrole nitrogens is 1. The molecule has 2 aromatic carbocycles. The van der Waals surface area contributed by atoms with Gasteiger partial charge in [0.1, 0.15) is 5.82 Å². The van der Waals surface area contributed by atoms with Crippen LogP contribution in [0, 0.1) is 6.92 Å². The van der Waals surface area contributed by atoms with Gasteiger partial charge in [0.25, 0.3) is 0 Å². The maximum Gasteiger partial charge on any atom is 0.313 e. The Morgan fingerprint density at radius 3 is 2.56 bits per heavy atom. The molecule has 182 valence electrons. The number of aromatic amines is 1. The first kappa shape index (κ1) is 23.6. The normalized spacial score (nSPS) is 11.3. The van der Waals surface area contributed by atoms with E-state index in [-0.39, 0.29) is 5.75 Å². The molecule has 2 N–H and O–H groups in total. The maximum atomic E-state index is 11.0. The fourth-order valence-electron chi connectivity index (χ4n) is 4.19. The number of thioether (sulfide) groups is 1. The largest absolute Gasteiger partial charge is 0.481 e. The van der Waals surface area contributed by atoms with E-state index < -0.39 is 5.97 Å². The van der Waals surface area contributed by atoms with Gasteiger partial charge in [-0.2, -0.15) is 4.52 Å². The zero-order valence-corrected chi connectivity index (χ0v) is 20.7. The van der Waals surface area contributed by atoms with Crippen molar-refractivity contribution in [2.45, 2.75) is 38.3 Å². The van der Waals surface area contributed by atoms with Crippen LogP contribution in [0.1, 0.15) is 36.0 Å².